The van der Waals surface area contributed by atoms with Gasteiger partial charge in [0.25, 0.3) is 0 Å². The highest BCUT2D eigenvalue weighted by Crippen LogP contribution is 2.46. The molecule has 4 amide bonds. The van der Waals surface area contributed by atoms with Crippen molar-refractivity contribution in [3.63, 3.8) is 0 Å². The van der Waals surface area contributed by atoms with Gasteiger partial charge in [0.1, 0.15) is 23.7 Å². The summed E-state index contributed by atoms with van der Waals surface area (Å²) in [5.74, 6) is 1.07. The number of nitrogens with one attached hydrogen (secondary N) is 4. The molecule has 2 saturated carbocycles. The van der Waals surface area contributed by atoms with Crippen molar-refractivity contribution in [2.24, 2.45) is 23.7 Å². The van der Waals surface area contributed by atoms with Gasteiger partial charge in [0, 0.05) is 35.6 Å². The summed E-state index contributed by atoms with van der Waals surface area (Å²) in [7, 11) is 0. The van der Waals surface area contributed by atoms with Crippen LogP contribution in [0.2, 0.25) is 0 Å². The van der Waals surface area contributed by atoms with E-state index in [2.05, 4.69) is 44.9 Å². The van der Waals surface area contributed by atoms with Gasteiger partial charge in [0.2, 0.25) is 11.8 Å². The molecular weight excluding hydrogens is 865 g/mol. The van der Waals surface area contributed by atoms with Crippen LogP contribution >= 0.6 is 0 Å². The van der Waals surface area contributed by atoms with Crippen LogP contribution in [0, 0.1) is 23.7 Å². The molecule has 6 heterocycles. The van der Waals surface area contributed by atoms with Crippen LogP contribution in [0.25, 0.3) is 33.6 Å². The lowest BCUT2D eigenvalue weighted by Gasteiger charge is -2.42. The number of rotatable bonds is 11. The molecule has 2 aromatic heterocycles. The fourth-order valence-electron chi connectivity index (χ4n) is 13.3. The highest BCUT2D eigenvalue weighted by molar-refractivity contribution is 5.87. The summed E-state index contributed by atoms with van der Waals surface area (Å²) in [4.78, 5) is 73.8. The Labute approximate surface area is 397 Å². The zero-order valence-corrected chi connectivity index (χ0v) is 39.5. The predicted molar refractivity (Wildman–Crippen MR) is 253 cm³/mol. The number of hydrogen-bond donors (Lipinski definition) is 6. The topological polar surface area (TPSA) is 215 Å². The van der Waals surface area contributed by atoms with E-state index in [0.717, 1.165) is 97.8 Å². The van der Waals surface area contributed by atoms with E-state index < -0.39 is 24.3 Å². The molecule has 6 N–H and O–H groups in total. The number of carbonyl (C=O) groups is 4. The summed E-state index contributed by atoms with van der Waals surface area (Å²) in [5.41, 5.74) is 5.46. The Balaban J connectivity index is 0.809. The summed E-state index contributed by atoms with van der Waals surface area (Å²) >= 11 is 0. The maximum Gasteiger partial charge on any atom is 0.405 e. The fourth-order valence-corrected chi connectivity index (χ4v) is 13.3. The van der Waals surface area contributed by atoms with Gasteiger partial charge in [-0.25, -0.2) is 19.6 Å². The standard InChI is InChI=1S/C52H66N8O8/c1-27-11-21-41(59(27)49(61)45(57-51(63)64)37-23-29(3)67-43-9-5-7-35(37)43)47-53-25-39(55-47)33-17-13-31(14-18-33)32-15-19-34(20-16-32)40-26-54-48(56-40)42-22-12-28(2)60(42)50(62)46(58-52(65)66)38-24-30(4)68-44-10-6-8-36(38)44/h13-20,25-30,35-38,41-46,57-58H,5-12,21-24H2,1-4H3,(H,53,55)(H,54,56)(H,63,64)(H,65,66)/t27-,28-,29+,30+,35-,36-,37+,38+,41-,42-,43-,44-,45-,46-/m0/s1. The number of aromatic amines is 2. The molecule has 10 rings (SSSR count). The van der Waals surface area contributed by atoms with Gasteiger partial charge in [-0.3, -0.25) is 9.59 Å². The second kappa shape index (κ2) is 19.0. The molecule has 14 atom stereocenters. The largest absolute Gasteiger partial charge is 0.465 e. The number of ether oxygens (including phenoxy) is 2. The van der Waals surface area contributed by atoms with Gasteiger partial charge < -0.3 is 50.1 Å². The van der Waals surface area contributed by atoms with Crippen molar-refractivity contribution < 1.29 is 38.9 Å². The molecule has 4 saturated heterocycles. The lowest BCUT2D eigenvalue weighted by molar-refractivity contribution is -0.144. The highest BCUT2D eigenvalue weighted by atomic mass is 16.5. The Bertz CT molecular complexity index is 2300. The van der Waals surface area contributed by atoms with Gasteiger partial charge in [0.15, 0.2) is 0 Å². The van der Waals surface area contributed by atoms with Gasteiger partial charge in [-0.05, 0) is 127 Å². The summed E-state index contributed by atoms with van der Waals surface area (Å²) in [6, 6.07) is 14.0. The number of fused-ring (bicyclic) bond motifs is 2. The van der Waals surface area contributed by atoms with Crippen LogP contribution in [-0.4, -0.2) is 113 Å². The Kier molecular flexibility index (Phi) is 12.8. The Morgan fingerprint density at radius 1 is 0.574 bits per heavy atom. The van der Waals surface area contributed by atoms with Gasteiger partial charge in [0.05, 0.1) is 47.9 Å². The van der Waals surface area contributed by atoms with Gasteiger partial charge in [-0.2, -0.15) is 0 Å². The van der Waals surface area contributed by atoms with Crippen molar-refractivity contribution in [3.05, 3.63) is 72.6 Å². The molecule has 6 aliphatic rings. The molecule has 2 aromatic carbocycles. The van der Waals surface area contributed by atoms with Crippen LogP contribution in [0.15, 0.2) is 60.9 Å². The number of hydrogen-bond acceptors (Lipinski definition) is 8. The van der Waals surface area contributed by atoms with E-state index in [1.165, 1.54) is 0 Å². The molecule has 362 valence electrons. The summed E-state index contributed by atoms with van der Waals surface area (Å²) in [5, 5.41) is 25.2. The number of amides is 4. The highest BCUT2D eigenvalue weighted by Gasteiger charge is 2.51. The summed E-state index contributed by atoms with van der Waals surface area (Å²) < 4.78 is 12.5. The average molecular weight is 931 g/mol. The predicted octanol–water partition coefficient (Wildman–Crippen LogP) is 8.70. The zero-order chi connectivity index (χ0) is 47.4. The second-order valence-corrected chi connectivity index (χ2v) is 20.7. The van der Waals surface area contributed by atoms with E-state index in [0.29, 0.717) is 24.5 Å². The SMILES string of the molecule is C[C@@H]1C[C@@H]([C@H](NC(=O)O)C(=O)N2[C@@H](C)CC[C@H]2c2nc(-c3ccc(-c4ccc(-c5c[nH]c([C@@H]6CC[C@H](C)N6C(=O)[C@@H](NC(=O)O)[C@@H]6C[C@@H](C)O[C@H]7CCC[C@@H]67)n5)cc4)cc3)c[nH]2)[C@@H]2CCC[C@@H]2O1. The maximum absolute atomic E-state index is 14.5. The average Bonchev–Trinajstić information content (AvgIpc) is 4.19. The number of likely N-dealkylation sites (tertiary alicyclic amines) is 2. The van der Waals surface area contributed by atoms with Crippen molar-refractivity contribution in [2.75, 3.05) is 0 Å². The molecule has 0 spiro atoms. The minimum Gasteiger partial charge on any atom is -0.465 e. The van der Waals surface area contributed by atoms with E-state index in [1.807, 2.05) is 74.2 Å². The fraction of sp³-hybridized carbons (Fsp3) is 0.577. The van der Waals surface area contributed by atoms with Crippen molar-refractivity contribution in [1.29, 1.82) is 0 Å². The number of aromatic nitrogens is 4. The monoisotopic (exact) mass is 931 g/mol. The van der Waals surface area contributed by atoms with E-state index in [9.17, 15) is 29.4 Å². The Hall–Kier alpha value is -5.74. The third-order valence-corrected chi connectivity index (χ3v) is 16.4. The molecule has 16 heteroatoms. The van der Waals surface area contributed by atoms with Crippen molar-refractivity contribution in [2.45, 2.75) is 165 Å². The molecule has 0 unspecified atom stereocenters. The minimum atomic E-state index is -1.19. The minimum absolute atomic E-state index is 0.0385. The number of benzene rings is 2. The molecule has 2 aliphatic carbocycles. The van der Waals surface area contributed by atoms with E-state index in [4.69, 9.17) is 19.4 Å². The van der Waals surface area contributed by atoms with Gasteiger partial charge in [-0.1, -0.05) is 61.4 Å². The van der Waals surface area contributed by atoms with Crippen LogP contribution in [0.1, 0.15) is 128 Å². The molecule has 16 nitrogen and oxygen atoms in total. The lowest BCUT2D eigenvalue weighted by Crippen LogP contribution is -2.57. The first-order valence-electron chi connectivity index (χ1n) is 25.1. The number of nitrogens with zero attached hydrogens (tertiary/aromatic N) is 4. The van der Waals surface area contributed by atoms with E-state index >= 15 is 0 Å². The smallest absolute Gasteiger partial charge is 0.405 e. The summed E-state index contributed by atoms with van der Waals surface area (Å²) in [6.07, 6.45) is 11.6. The zero-order valence-electron chi connectivity index (χ0n) is 39.5. The number of carboxylic acid groups (broad SMARTS) is 2. The summed E-state index contributed by atoms with van der Waals surface area (Å²) in [6.45, 7) is 8.11. The molecule has 4 aromatic rings. The quantitative estimate of drug-likeness (QED) is 0.0841. The Morgan fingerprint density at radius 2 is 0.956 bits per heavy atom. The van der Waals surface area contributed by atoms with Gasteiger partial charge in [-0.15, -0.1) is 0 Å². The second-order valence-electron chi connectivity index (χ2n) is 20.7. The Morgan fingerprint density at radius 3 is 1.34 bits per heavy atom. The molecule has 0 radical (unpaired) electrons. The molecule has 4 aliphatic heterocycles. The molecular formula is C52H66N8O8. The molecule has 0 bridgehead atoms. The third-order valence-electron chi connectivity index (χ3n) is 16.4. The van der Waals surface area contributed by atoms with Crippen molar-refractivity contribution in [3.8, 4) is 33.6 Å². The van der Waals surface area contributed by atoms with Crippen molar-refractivity contribution >= 4 is 24.0 Å². The van der Waals surface area contributed by atoms with Crippen LogP contribution < -0.4 is 10.6 Å². The van der Waals surface area contributed by atoms with Crippen molar-refractivity contribution in [1.82, 2.24) is 40.4 Å². The van der Waals surface area contributed by atoms with E-state index in [1.54, 1.807) is 0 Å². The van der Waals surface area contributed by atoms with Gasteiger partial charge >= 0.3 is 12.2 Å². The first-order valence-corrected chi connectivity index (χ1v) is 25.1. The molecule has 6 fully saturated rings. The maximum atomic E-state index is 14.5. The van der Waals surface area contributed by atoms with Crippen LogP contribution in [0.5, 0.6) is 0 Å². The normalized spacial score (nSPS) is 32.1. The number of imidazole rings is 2. The molecule has 68 heavy (non-hydrogen) atoms. The van der Waals surface area contributed by atoms with Crippen LogP contribution in [0.3, 0.4) is 0 Å². The van der Waals surface area contributed by atoms with Crippen LogP contribution in [0.4, 0.5) is 9.59 Å². The first-order chi connectivity index (χ1) is 32.8. The number of carbonyl (C=O) groups excluding carboxylic acids is 2. The number of H-pyrrole nitrogens is 2. The first kappa shape index (κ1) is 46.0. The van der Waals surface area contributed by atoms with E-state index in [-0.39, 0.29) is 84.1 Å². The van der Waals surface area contributed by atoms with Crippen LogP contribution in [-0.2, 0) is 19.1 Å². The lowest BCUT2D eigenvalue weighted by atomic mass is 9.77. The third kappa shape index (κ3) is 8.89.